The van der Waals surface area contributed by atoms with Crippen LogP contribution in [-0.4, -0.2) is 42.2 Å². The Kier molecular flexibility index (Phi) is 6.86. The maximum atomic E-state index is 12.4. The molecule has 2 N–H and O–H groups in total. The Bertz CT molecular complexity index is 511. The average Bonchev–Trinajstić information content (AvgIpc) is 2.57. The van der Waals surface area contributed by atoms with E-state index in [0.717, 1.165) is 44.6 Å². The van der Waals surface area contributed by atoms with E-state index in [0.29, 0.717) is 17.9 Å². The molecule has 0 saturated carbocycles. The fraction of sp³-hybridized carbons (Fsp3) is 0.611. The highest BCUT2D eigenvalue weighted by Gasteiger charge is 2.24. The van der Waals surface area contributed by atoms with Gasteiger partial charge < -0.3 is 20.1 Å². The van der Waals surface area contributed by atoms with Crippen LogP contribution in [0.2, 0.25) is 0 Å². The van der Waals surface area contributed by atoms with E-state index in [1.54, 1.807) is 12.1 Å². The molecule has 0 unspecified atom stereocenters. The summed E-state index contributed by atoms with van der Waals surface area (Å²) in [5.74, 6) is 0.822. The van der Waals surface area contributed by atoms with Crippen molar-refractivity contribution >= 4 is 11.6 Å². The fourth-order valence-electron chi connectivity index (χ4n) is 3.06. The van der Waals surface area contributed by atoms with Crippen LogP contribution in [0.3, 0.4) is 0 Å². The van der Waals surface area contributed by atoms with E-state index in [1.807, 2.05) is 13.0 Å². The Morgan fingerprint density at radius 1 is 1.35 bits per heavy atom. The standard InChI is InChI=1S/C18H28N2O3/c1-3-9-20-10-7-14(8-11-20)18(22)19-16-5-6-17(23-4-2)15(12-16)13-21/h5-6,12,14,21H,3-4,7-11,13H2,1-2H3,(H,19,22). The van der Waals surface area contributed by atoms with Crippen LogP contribution < -0.4 is 10.1 Å². The van der Waals surface area contributed by atoms with Gasteiger partial charge in [-0.3, -0.25) is 4.79 Å². The van der Waals surface area contributed by atoms with E-state index in [9.17, 15) is 9.90 Å². The number of benzene rings is 1. The molecule has 1 aliphatic rings. The third-order valence-electron chi connectivity index (χ3n) is 4.30. The van der Waals surface area contributed by atoms with Gasteiger partial charge in [-0.1, -0.05) is 6.92 Å². The molecular weight excluding hydrogens is 292 g/mol. The van der Waals surface area contributed by atoms with Crippen molar-refractivity contribution in [1.82, 2.24) is 4.90 Å². The first-order valence-electron chi connectivity index (χ1n) is 8.57. The summed E-state index contributed by atoms with van der Waals surface area (Å²) < 4.78 is 5.46. The molecule has 1 aromatic rings. The van der Waals surface area contributed by atoms with Crippen molar-refractivity contribution in [2.24, 2.45) is 5.92 Å². The van der Waals surface area contributed by atoms with E-state index in [-0.39, 0.29) is 18.4 Å². The van der Waals surface area contributed by atoms with Crippen molar-refractivity contribution in [3.63, 3.8) is 0 Å². The summed E-state index contributed by atoms with van der Waals surface area (Å²) in [6.45, 7) is 7.65. The number of anilines is 1. The molecular formula is C18H28N2O3. The highest BCUT2D eigenvalue weighted by Crippen LogP contribution is 2.25. The molecule has 23 heavy (non-hydrogen) atoms. The number of aliphatic hydroxyl groups is 1. The third-order valence-corrected chi connectivity index (χ3v) is 4.30. The van der Waals surface area contributed by atoms with Gasteiger partial charge in [-0.2, -0.15) is 0 Å². The van der Waals surface area contributed by atoms with Crippen molar-refractivity contribution in [3.8, 4) is 5.75 Å². The molecule has 0 spiro atoms. The molecule has 0 atom stereocenters. The quantitative estimate of drug-likeness (QED) is 0.811. The smallest absolute Gasteiger partial charge is 0.227 e. The van der Waals surface area contributed by atoms with Gasteiger partial charge in [0.2, 0.25) is 5.91 Å². The zero-order chi connectivity index (χ0) is 16.7. The van der Waals surface area contributed by atoms with E-state index in [2.05, 4.69) is 17.1 Å². The molecule has 0 bridgehead atoms. The number of carbonyl (C=O) groups is 1. The molecule has 0 radical (unpaired) electrons. The normalized spacial score (nSPS) is 16.3. The lowest BCUT2D eigenvalue weighted by atomic mass is 9.95. The zero-order valence-electron chi connectivity index (χ0n) is 14.2. The van der Waals surface area contributed by atoms with Crippen LogP contribution in [0.5, 0.6) is 5.75 Å². The lowest BCUT2D eigenvalue weighted by Gasteiger charge is -2.30. The minimum Gasteiger partial charge on any atom is -0.494 e. The van der Waals surface area contributed by atoms with Crippen LogP contribution in [0.15, 0.2) is 18.2 Å². The summed E-state index contributed by atoms with van der Waals surface area (Å²) in [5, 5.41) is 12.4. The van der Waals surface area contributed by atoms with E-state index < -0.39 is 0 Å². The number of piperidine rings is 1. The van der Waals surface area contributed by atoms with Crippen LogP contribution in [0.1, 0.15) is 38.7 Å². The number of likely N-dealkylation sites (tertiary alicyclic amines) is 1. The Morgan fingerprint density at radius 2 is 2.09 bits per heavy atom. The SMILES string of the molecule is CCCN1CCC(C(=O)Nc2ccc(OCC)c(CO)c2)CC1. The van der Waals surface area contributed by atoms with Crippen LogP contribution in [0.25, 0.3) is 0 Å². The van der Waals surface area contributed by atoms with Crippen molar-refractivity contribution in [2.75, 3.05) is 31.6 Å². The van der Waals surface area contributed by atoms with Crippen molar-refractivity contribution in [3.05, 3.63) is 23.8 Å². The summed E-state index contributed by atoms with van der Waals surface area (Å²) in [6.07, 6.45) is 2.98. The van der Waals surface area contributed by atoms with Crippen LogP contribution in [0.4, 0.5) is 5.69 Å². The van der Waals surface area contributed by atoms with Gasteiger partial charge in [0.1, 0.15) is 5.75 Å². The fourth-order valence-corrected chi connectivity index (χ4v) is 3.06. The number of nitrogens with zero attached hydrogens (tertiary/aromatic N) is 1. The molecule has 1 fully saturated rings. The Labute approximate surface area is 138 Å². The van der Waals surface area contributed by atoms with E-state index in [1.165, 1.54) is 0 Å². The van der Waals surface area contributed by atoms with Crippen LogP contribution in [0, 0.1) is 5.92 Å². The Morgan fingerprint density at radius 3 is 2.70 bits per heavy atom. The lowest BCUT2D eigenvalue weighted by Crippen LogP contribution is -2.38. The van der Waals surface area contributed by atoms with Gasteiger partial charge >= 0.3 is 0 Å². The number of amides is 1. The first-order chi connectivity index (χ1) is 11.2. The first-order valence-corrected chi connectivity index (χ1v) is 8.57. The third kappa shape index (κ3) is 4.94. The number of ether oxygens (including phenoxy) is 1. The summed E-state index contributed by atoms with van der Waals surface area (Å²) >= 11 is 0. The minimum atomic E-state index is -0.103. The van der Waals surface area contributed by atoms with Gasteiger partial charge in [0.15, 0.2) is 0 Å². The number of hydrogen-bond donors (Lipinski definition) is 2. The molecule has 0 aromatic heterocycles. The molecule has 1 amide bonds. The van der Waals surface area contributed by atoms with Gasteiger partial charge in [-0.25, -0.2) is 0 Å². The molecule has 1 aromatic carbocycles. The molecule has 128 valence electrons. The summed E-state index contributed by atoms with van der Waals surface area (Å²) in [4.78, 5) is 14.8. The second kappa shape index (κ2) is 8.89. The van der Waals surface area contributed by atoms with E-state index >= 15 is 0 Å². The second-order valence-corrected chi connectivity index (χ2v) is 6.02. The Hall–Kier alpha value is -1.59. The van der Waals surface area contributed by atoms with Gasteiger partial charge in [0, 0.05) is 17.2 Å². The van der Waals surface area contributed by atoms with Crippen molar-refractivity contribution in [2.45, 2.75) is 39.7 Å². The predicted octanol–water partition coefficient (Wildman–Crippen LogP) is 2.64. The van der Waals surface area contributed by atoms with Gasteiger partial charge in [-0.15, -0.1) is 0 Å². The second-order valence-electron chi connectivity index (χ2n) is 6.02. The molecule has 2 rings (SSSR count). The topological polar surface area (TPSA) is 61.8 Å². The minimum absolute atomic E-state index is 0.0762. The van der Waals surface area contributed by atoms with Crippen LogP contribution in [-0.2, 0) is 11.4 Å². The van der Waals surface area contributed by atoms with Crippen LogP contribution >= 0.6 is 0 Å². The summed E-state index contributed by atoms with van der Waals surface area (Å²) in [6, 6.07) is 5.41. The van der Waals surface area contributed by atoms with Gasteiger partial charge in [-0.05, 0) is 64.0 Å². The predicted molar refractivity (Wildman–Crippen MR) is 91.6 cm³/mol. The average molecular weight is 320 g/mol. The van der Waals surface area contributed by atoms with Crippen molar-refractivity contribution < 1.29 is 14.6 Å². The highest BCUT2D eigenvalue weighted by molar-refractivity contribution is 5.92. The maximum Gasteiger partial charge on any atom is 0.227 e. The molecule has 1 heterocycles. The molecule has 1 aliphatic heterocycles. The number of hydrogen-bond acceptors (Lipinski definition) is 4. The number of nitrogens with one attached hydrogen (secondary N) is 1. The zero-order valence-corrected chi connectivity index (χ0v) is 14.2. The van der Waals surface area contributed by atoms with Gasteiger partial charge in [0.25, 0.3) is 0 Å². The molecule has 1 saturated heterocycles. The first kappa shape index (κ1) is 17.8. The van der Waals surface area contributed by atoms with E-state index in [4.69, 9.17) is 4.74 Å². The number of carbonyl (C=O) groups excluding carboxylic acids is 1. The van der Waals surface area contributed by atoms with Crippen molar-refractivity contribution in [1.29, 1.82) is 0 Å². The lowest BCUT2D eigenvalue weighted by molar-refractivity contribution is -0.121. The highest BCUT2D eigenvalue weighted by atomic mass is 16.5. The molecule has 5 nitrogen and oxygen atoms in total. The monoisotopic (exact) mass is 320 g/mol. The maximum absolute atomic E-state index is 12.4. The summed E-state index contributed by atoms with van der Waals surface area (Å²) in [5.41, 5.74) is 1.42. The largest absolute Gasteiger partial charge is 0.494 e. The Balaban J connectivity index is 1.93. The van der Waals surface area contributed by atoms with Gasteiger partial charge in [0.05, 0.1) is 13.2 Å². The summed E-state index contributed by atoms with van der Waals surface area (Å²) in [7, 11) is 0. The number of rotatable bonds is 7. The molecule has 5 heteroatoms. The molecule has 0 aliphatic carbocycles. The number of aliphatic hydroxyl groups excluding tert-OH is 1.